The van der Waals surface area contributed by atoms with Gasteiger partial charge in [0.2, 0.25) is 0 Å². The van der Waals surface area contributed by atoms with Gasteiger partial charge in [0.25, 0.3) is 5.56 Å². The smallest absolute Gasteiger partial charge is 0.325 e. The molecule has 0 unspecified atom stereocenters. The molecule has 0 fully saturated rings. The molecule has 0 radical (unpaired) electrons. The largest absolute Gasteiger partial charge is 0.468 e. The third-order valence-corrected chi connectivity index (χ3v) is 2.59. The van der Waals surface area contributed by atoms with Crippen LogP contribution in [-0.2, 0) is 16.1 Å². The quantitative estimate of drug-likeness (QED) is 0.721. The van der Waals surface area contributed by atoms with Crippen molar-refractivity contribution in [1.29, 1.82) is 0 Å². The number of hydrogen-bond acceptors (Lipinski definition) is 4. The Morgan fingerprint density at radius 1 is 1.41 bits per heavy atom. The van der Waals surface area contributed by atoms with Crippen molar-refractivity contribution in [3.8, 4) is 0 Å². The lowest BCUT2D eigenvalue weighted by atomic mass is 10.2. The molecule has 0 aliphatic carbocycles. The summed E-state index contributed by atoms with van der Waals surface area (Å²) >= 11 is 0. The summed E-state index contributed by atoms with van der Waals surface area (Å²) in [6.45, 7) is 1.74. The number of esters is 1. The third kappa shape index (κ3) is 2.04. The number of hydrogen-bond donors (Lipinski definition) is 0. The van der Waals surface area contributed by atoms with Crippen LogP contribution in [0.2, 0.25) is 0 Å². The van der Waals surface area contributed by atoms with Gasteiger partial charge in [-0.15, -0.1) is 0 Å². The molecule has 5 heteroatoms. The second-order valence-electron chi connectivity index (χ2n) is 3.64. The van der Waals surface area contributed by atoms with Crippen LogP contribution in [0.5, 0.6) is 0 Å². The molecule has 0 amide bonds. The highest BCUT2D eigenvalue weighted by molar-refractivity contribution is 5.80. The Hall–Kier alpha value is -2.17. The van der Waals surface area contributed by atoms with E-state index in [2.05, 4.69) is 9.72 Å². The van der Waals surface area contributed by atoms with Gasteiger partial charge in [-0.25, -0.2) is 0 Å². The molecule has 0 saturated carbocycles. The number of benzene rings is 1. The number of aryl methyl sites for hydroxylation is 1. The van der Waals surface area contributed by atoms with Gasteiger partial charge in [-0.05, 0) is 19.1 Å². The summed E-state index contributed by atoms with van der Waals surface area (Å²) in [5.74, 6) is 0.128. The molecular formula is C12H12N2O3. The van der Waals surface area contributed by atoms with Gasteiger partial charge >= 0.3 is 5.97 Å². The molecule has 0 bridgehead atoms. The molecule has 1 aromatic heterocycles. The van der Waals surface area contributed by atoms with Crippen molar-refractivity contribution < 1.29 is 9.53 Å². The van der Waals surface area contributed by atoms with Crippen LogP contribution in [0.1, 0.15) is 5.82 Å². The van der Waals surface area contributed by atoms with Gasteiger partial charge in [0.05, 0.1) is 18.0 Å². The zero-order chi connectivity index (χ0) is 12.4. The van der Waals surface area contributed by atoms with Gasteiger partial charge < -0.3 is 9.30 Å². The highest BCUT2D eigenvalue weighted by Gasteiger charge is 2.10. The van der Waals surface area contributed by atoms with E-state index in [4.69, 9.17) is 0 Å². The maximum Gasteiger partial charge on any atom is 0.325 e. The van der Waals surface area contributed by atoms with E-state index < -0.39 is 0 Å². The summed E-state index contributed by atoms with van der Waals surface area (Å²) in [7, 11) is 1.33. The summed E-state index contributed by atoms with van der Waals surface area (Å²) in [5, 5.41) is 0.502. The minimum absolute atomic E-state index is 0.0517. The van der Waals surface area contributed by atoms with Crippen molar-refractivity contribution in [2.24, 2.45) is 0 Å². The first kappa shape index (κ1) is 11.3. The minimum atomic E-state index is -0.372. The van der Waals surface area contributed by atoms with Crippen LogP contribution in [-0.4, -0.2) is 22.6 Å². The number of nitrogens with zero attached hydrogens (tertiary/aromatic N) is 2. The lowest BCUT2D eigenvalue weighted by Crippen LogP contribution is -2.20. The summed E-state index contributed by atoms with van der Waals surface area (Å²) in [4.78, 5) is 26.9. The molecular weight excluding hydrogens is 220 g/mol. The molecule has 1 aromatic carbocycles. The second kappa shape index (κ2) is 4.37. The van der Waals surface area contributed by atoms with Crippen LogP contribution < -0.4 is 5.56 Å². The van der Waals surface area contributed by atoms with E-state index in [1.54, 1.807) is 29.7 Å². The van der Waals surface area contributed by atoms with Gasteiger partial charge in [0.1, 0.15) is 12.4 Å². The first-order chi connectivity index (χ1) is 8.13. The van der Waals surface area contributed by atoms with E-state index in [1.165, 1.54) is 7.11 Å². The molecule has 1 heterocycles. The lowest BCUT2D eigenvalue weighted by Gasteiger charge is -2.11. The predicted octanol–water partition coefficient (Wildman–Crippen LogP) is 0.878. The maximum atomic E-state index is 11.7. The molecule has 2 rings (SSSR count). The van der Waals surface area contributed by atoms with Crippen molar-refractivity contribution in [2.75, 3.05) is 7.11 Å². The van der Waals surface area contributed by atoms with E-state index in [9.17, 15) is 9.59 Å². The van der Waals surface area contributed by atoms with Crippen LogP contribution in [0.25, 0.3) is 10.9 Å². The molecule has 0 atom stereocenters. The maximum absolute atomic E-state index is 11.7. The Morgan fingerprint density at radius 3 is 2.82 bits per heavy atom. The van der Waals surface area contributed by atoms with Crippen molar-refractivity contribution in [2.45, 2.75) is 13.5 Å². The highest BCUT2D eigenvalue weighted by Crippen LogP contribution is 2.10. The Bertz CT molecular complexity index is 631. The Balaban J connectivity index is 2.69. The molecule has 88 valence electrons. The molecule has 17 heavy (non-hydrogen) atoms. The van der Waals surface area contributed by atoms with Crippen molar-refractivity contribution in [1.82, 2.24) is 9.55 Å². The fourth-order valence-electron chi connectivity index (χ4n) is 1.72. The zero-order valence-electron chi connectivity index (χ0n) is 9.64. The number of para-hydroxylation sites is 1. The normalized spacial score (nSPS) is 10.5. The second-order valence-corrected chi connectivity index (χ2v) is 3.64. The van der Waals surface area contributed by atoms with E-state index in [1.807, 2.05) is 6.07 Å². The van der Waals surface area contributed by atoms with Crippen LogP contribution in [0.3, 0.4) is 0 Å². The SMILES string of the molecule is COC(=O)Cn1c(C)nc(=O)c2ccccc21. The number of fused-ring (bicyclic) bond motifs is 1. The first-order valence-corrected chi connectivity index (χ1v) is 5.16. The molecule has 5 nitrogen and oxygen atoms in total. The van der Waals surface area contributed by atoms with Gasteiger partial charge in [-0.1, -0.05) is 12.1 Å². The van der Waals surface area contributed by atoms with Crippen LogP contribution in [0, 0.1) is 6.92 Å². The number of ether oxygens (including phenoxy) is 1. The zero-order valence-corrected chi connectivity index (χ0v) is 9.64. The van der Waals surface area contributed by atoms with E-state index in [-0.39, 0.29) is 18.1 Å². The van der Waals surface area contributed by atoms with Gasteiger partial charge in [0, 0.05) is 0 Å². The topological polar surface area (TPSA) is 61.2 Å². The van der Waals surface area contributed by atoms with Crippen LogP contribution in [0.4, 0.5) is 0 Å². The third-order valence-electron chi connectivity index (χ3n) is 2.59. The minimum Gasteiger partial charge on any atom is -0.468 e. The number of carbonyl (C=O) groups excluding carboxylic acids is 1. The fourth-order valence-corrected chi connectivity index (χ4v) is 1.72. The molecule has 0 spiro atoms. The summed E-state index contributed by atoms with van der Waals surface area (Å²) < 4.78 is 6.29. The summed E-state index contributed by atoms with van der Waals surface area (Å²) in [6, 6.07) is 7.06. The fraction of sp³-hybridized carbons (Fsp3) is 0.250. The monoisotopic (exact) mass is 232 g/mol. The van der Waals surface area contributed by atoms with Crippen LogP contribution >= 0.6 is 0 Å². The van der Waals surface area contributed by atoms with Crippen LogP contribution in [0.15, 0.2) is 29.1 Å². The molecule has 0 aliphatic rings. The number of aromatic nitrogens is 2. The summed E-state index contributed by atoms with van der Waals surface area (Å²) in [5.41, 5.74) is 0.412. The van der Waals surface area contributed by atoms with Gasteiger partial charge in [0.15, 0.2) is 0 Å². The van der Waals surface area contributed by atoms with Gasteiger partial charge in [-0.2, -0.15) is 4.98 Å². The number of carbonyl (C=O) groups is 1. The van der Waals surface area contributed by atoms with Crippen molar-refractivity contribution >= 4 is 16.9 Å². The average molecular weight is 232 g/mol. The van der Waals surface area contributed by atoms with Crippen molar-refractivity contribution in [3.63, 3.8) is 0 Å². The molecule has 0 saturated heterocycles. The Labute approximate surface area is 97.7 Å². The molecule has 0 N–H and O–H groups in total. The van der Waals surface area contributed by atoms with E-state index in [0.717, 1.165) is 0 Å². The van der Waals surface area contributed by atoms with E-state index in [0.29, 0.717) is 16.7 Å². The van der Waals surface area contributed by atoms with Crippen molar-refractivity contribution in [3.05, 3.63) is 40.4 Å². The van der Waals surface area contributed by atoms with Gasteiger partial charge in [-0.3, -0.25) is 9.59 Å². The molecule has 2 aromatic rings. The highest BCUT2D eigenvalue weighted by atomic mass is 16.5. The Morgan fingerprint density at radius 2 is 2.12 bits per heavy atom. The van der Waals surface area contributed by atoms with E-state index >= 15 is 0 Å². The molecule has 0 aliphatic heterocycles. The Kier molecular flexibility index (Phi) is 2.91. The standard InChI is InChI=1S/C12H12N2O3/c1-8-13-12(16)9-5-3-4-6-10(9)14(8)7-11(15)17-2/h3-6H,7H2,1-2H3. The summed E-state index contributed by atoms with van der Waals surface area (Å²) in [6.07, 6.45) is 0. The predicted molar refractivity (Wildman–Crippen MR) is 62.8 cm³/mol. The first-order valence-electron chi connectivity index (χ1n) is 5.16. The number of methoxy groups -OCH3 is 1. The average Bonchev–Trinajstić information content (AvgIpc) is 2.34. The number of rotatable bonds is 2. The lowest BCUT2D eigenvalue weighted by molar-refractivity contribution is -0.141.